The van der Waals surface area contributed by atoms with Gasteiger partial charge in [-0.3, -0.25) is 4.79 Å². The quantitative estimate of drug-likeness (QED) is 0.612. The van der Waals surface area contributed by atoms with Crippen molar-refractivity contribution in [2.24, 2.45) is 0 Å². The third kappa shape index (κ3) is 5.54. The molecule has 4 atom stereocenters. The summed E-state index contributed by atoms with van der Waals surface area (Å²) in [6.07, 6.45) is -1.01. The second-order valence-corrected chi connectivity index (χ2v) is 9.40. The summed E-state index contributed by atoms with van der Waals surface area (Å²) in [4.78, 5) is 13.4. The lowest BCUT2D eigenvalue weighted by molar-refractivity contribution is -0.183. The number of nitrogens with zero attached hydrogens (tertiary/aromatic N) is 1. The van der Waals surface area contributed by atoms with E-state index in [2.05, 4.69) is 11.4 Å². The fourth-order valence-corrected chi connectivity index (χ4v) is 4.81. The first kappa shape index (κ1) is 25.3. The van der Waals surface area contributed by atoms with Crippen molar-refractivity contribution >= 4 is 5.91 Å². The number of nitriles is 1. The molecule has 0 unspecified atom stereocenters. The summed E-state index contributed by atoms with van der Waals surface area (Å²) in [5.41, 5.74) is 0.318. The number of carbonyl (C=O) groups excluding carboxylic acids is 1. The molecule has 0 radical (unpaired) electrons. The second kappa shape index (κ2) is 10.4. The molecule has 7 nitrogen and oxygen atoms in total. The van der Waals surface area contributed by atoms with Crippen molar-refractivity contribution in [2.75, 3.05) is 6.54 Å². The Labute approximate surface area is 205 Å². The van der Waals surface area contributed by atoms with Gasteiger partial charge in [0, 0.05) is 24.9 Å². The van der Waals surface area contributed by atoms with Gasteiger partial charge in [-0.15, -0.1) is 0 Å². The Morgan fingerprint density at radius 3 is 2.54 bits per heavy atom. The fraction of sp³-hybridized carbons (Fsp3) is 0.481. The number of benzene rings is 2. The van der Waals surface area contributed by atoms with Crippen LogP contribution < -0.4 is 5.32 Å². The zero-order valence-corrected chi connectivity index (χ0v) is 20.3. The van der Waals surface area contributed by atoms with Gasteiger partial charge in [0.1, 0.15) is 11.9 Å². The van der Waals surface area contributed by atoms with Gasteiger partial charge in [0.2, 0.25) is 0 Å². The highest BCUT2D eigenvalue weighted by atomic mass is 19.1. The molecule has 0 aromatic heterocycles. The number of halogens is 1. The average Bonchev–Trinajstić information content (AvgIpc) is 3.16. The van der Waals surface area contributed by atoms with E-state index in [0.717, 1.165) is 0 Å². The highest BCUT2D eigenvalue weighted by Crippen LogP contribution is 2.44. The highest BCUT2D eigenvalue weighted by molar-refractivity contribution is 5.85. The lowest BCUT2D eigenvalue weighted by Gasteiger charge is -2.43. The van der Waals surface area contributed by atoms with Crippen LogP contribution in [0.1, 0.15) is 50.3 Å². The zero-order valence-electron chi connectivity index (χ0n) is 20.3. The lowest BCUT2D eigenvalue weighted by Crippen LogP contribution is -2.60. The number of likely N-dealkylation sites (N-methyl/N-ethyl adjacent to an activating group) is 1. The number of fused-ring (bicyclic) bond motifs is 1. The number of carbonyl (C=O) groups is 1. The van der Waals surface area contributed by atoms with Crippen LogP contribution in [0.5, 0.6) is 0 Å². The van der Waals surface area contributed by atoms with E-state index in [1.54, 1.807) is 36.4 Å². The maximum atomic E-state index is 14.2. The van der Waals surface area contributed by atoms with Gasteiger partial charge in [0.15, 0.2) is 11.4 Å². The van der Waals surface area contributed by atoms with E-state index in [0.29, 0.717) is 23.2 Å². The molecule has 8 heteroatoms. The topological polar surface area (TPSA) is 89.8 Å². The molecule has 1 amide bonds. The van der Waals surface area contributed by atoms with Crippen molar-refractivity contribution in [3.63, 3.8) is 0 Å². The molecule has 2 fully saturated rings. The summed E-state index contributed by atoms with van der Waals surface area (Å²) in [5.74, 6) is -1.50. The molecule has 1 heterocycles. The maximum Gasteiger partial charge on any atom is 0.252 e. The molecule has 4 rings (SSSR count). The summed E-state index contributed by atoms with van der Waals surface area (Å²) in [7, 11) is 0. The van der Waals surface area contributed by atoms with Crippen molar-refractivity contribution in [1.82, 2.24) is 5.32 Å². The molecular weight excluding hydrogens is 451 g/mol. The van der Waals surface area contributed by atoms with Crippen molar-refractivity contribution < 1.29 is 28.1 Å². The third-order valence-electron chi connectivity index (χ3n) is 6.45. The van der Waals surface area contributed by atoms with Crippen molar-refractivity contribution in [3.05, 3.63) is 71.0 Å². The predicted molar refractivity (Wildman–Crippen MR) is 125 cm³/mol. The van der Waals surface area contributed by atoms with Crippen molar-refractivity contribution in [2.45, 2.75) is 76.5 Å². The normalized spacial score (nSPS) is 27.1. The van der Waals surface area contributed by atoms with E-state index in [9.17, 15) is 14.4 Å². The van der Waals surface area contributed by atoms with Crippen LogP contribution in [0.25, 0.3) is 0 Å². The lowest BCUT2D eigenvalue weighted by atomic mass is 9.78. The van der Waals surface area contributed by atoms with E-state index in [4.69, 9.17) is 18.9 Å². The van der Waals surface area contributed by atoms with Gasteiger partial charge in [0.25, 0.3) is 5.91 Å². The van der Waals surface area contributed by atoms with Crippen LogP contribution in [-0.4, -0.2) is 42.2 Å². The Kier molecular flexibility index (Phi) is 7.53. The first-order chi connectivity index (χ1) is 16.8. The molecular formula is C27H31FN2O5. The Hall–Kier alpha value is -2.83. The molecule has 1 saturated heterocycles. The van der Waals surface area contributed by atoms with Crippen LogP contribution in [0.15, 0.2) is 48.5 Å². The Balaban J connectivity index is 1.62. The number of amides is 1. The smallest absolute Gasteiger partial charge is 0.252 e. The first-order valence-electron chi connectivity index (χ1n) is 11.9. The number of hydrogen-bond acceptors (Lipinski definition) is 6. The van der Waals surface area contributed by atoms with Crippen molar-refractivity contribution in [3.8, 4) is 6.07 Å². The monoisotopic (exact) mass is 482 g/mol. The SMILES string of the molecule is CCNC(=O)[C@@]1(OCc2ccccc2C#N)C[C@H](OCc2ccccc2F)[C@@H]2OC(C)(C)O[C@@H]2C1. The molecule has 0 spiro atoms. The van der Waals surface area contributed by atoms with Gasteiger partial charge in [-0.25, -0.2) is 4.39 Å². The molecule has 0 bridgehead atoms. The van der Waals surface area contributed by atoms with Gasteiger partial charge in [-0.1, -0.05) is 36.4 Å². The van der Waals surface area contributed by atoms with E-state index in [1.165, 1.54) is 6.07 Å². The van der Waals surface area contributed by atoms with E-state index in [1.807, 2.05) is 26.8 Å². The Morgan fingerprint density at radius 1 is 1.11 bits per heavy atom. The highest BCUT2D eigenvalue weighted by Gasteiger charge is 2.58. The molecule has 1 aliphatic carbocycles. The minimum Gasteiger partial charge on any atom is -0.370 e. The Morgan fingerprint density at radius 2 is 1.83 bits per heavy atom. The number of nitrogens with one attached hydrogen (secondary N) is 1. The summed E-state index contributed by atoms with van der Waals surface area (Å²) < 4.78 is 39.1. The molecule has 1 aliphatic heterocycles. The standard InChI is InChI=1S/C27H31FN2O5/c1-4-30-25(31)27(33-17-19-10-6-5-9-18(19)15-29)13-22(24-23(14-27)34-26(2,3)35-24)32-16-20-11-7-8-12-21(20)28/h5-12,22-24H,4,13-14,16-17H2,1-3H3,(H,30,31)/t22-,23+,24-,27+/m0/s1. The molecule has 35 heavy (non-hydrogen) atoms. The average molecular weight is 483 g/mol. The number of ether oxygens (including phenoxy) is 4. The first-order valence-corrected chi connectivity index (χ1v) is 11.9. The van der Waals surface area contributed by atoms with Crippen LogP contribution in [0.4, 0.5) is 4.39 Å². The Bertz CT molecular complexity index is 1100. The van der Waals surface area contributed by atoms with Crippen LogP contribution in [0, 0.1) is 17.1 Å². The molecule has 1 N–H and O–H groups in total. The van der Waals surface area contributed by atoms with Gasteiger partial charge in [-0.05, 0) is 38.5 Å². The van der Waals surface area contributed by atoms with Crippen molar-refractivity contribution in [1.29, 1.82) is 5.26 Å². The summed E-state index contributed by atoms with van der Waals surface area (Å²) in [6, 6.07) is 15.7. The number of rotatable bonds is 8. The van der Waals surface area contributed by atoms with Gasteiger partial charge in [0.05, 0.1) is 37.1 Å². The van der Waals surface area contributed by atoms with Crippen LogP contribution >= 0.6 is 0 Å². The molecule has 2 aromatic rings. The minimum atomic E-state index is -1.27. The minimum absolute atomic E-state index is 0.0209. The van der Waals surface area contributed by atoms with Gasteiger partial charge in [-0.2, -0.15) is 5.26 Å². The predicted octanol–water partition coefficient (Wildman–Crippen LogP) is 3.99. The van der Waals surface area contributed by atoms with Gasteiger partial charge < -0.3 is 24.3 Å². The zero-order chi connectivity index (χ0) is 25.1. The van der Waals surface area contributed by atoms with Crippen LogP contribution in [0.2, 0.25) is 0 Å². The van der Waals surface area contributed by atoms with Crippen LogP contribution in [0.3, 0.4) is 0 Å². The van der Waals surface area contributed by atoms with Crippen LogP contribution in [-0.2, 0) is 37.0 Å². The van der Waals surface area contributed by atoms with E-state index < -0.39 is 29.7 Å². The molecule has 2 aromatic carbocycles. The van der Waals surface area contributed by atoms with E-state index >= 15 is 0 Å². The largest absolute Gasteiger partial charge is 0.370 e. The maximum absolute atomic E-state index is 14.2. The number of hydrogen-bond donors (Lipinski definition) is 1. The van der Waals surface area contributed by atoms with E-state index in [-0.39, 0.29) is 37.8 Å². The third-order valence-corrected chi connectivity index (χ3v) is 6.45. The summed E-state index contributed by atoms with van der Waals surface area (Å²) >= 11 is 0. The summed E-state index contributed by atoms with van der Waals surface area (Å²) in [5, 5.41) is 12.3. The summed E-state index contributed by atoms with van der Waals surface area (Å²) in [6.45, 7) is 5.99. The molecule has 186 valence electrons. The molecule has 1 saturated carbocycles. The van der Waals surface area contributed by atoms with Gasteiger partial charge >= 0.3 is 0 Å². The fourth-order valence-electron chi connectivity index (χ4n) is 4.81. The molecule has 2 aliphatic rings. The second-order valence-electron chi connectivity index (χ2n) is 9.40.